The van der Waals surface area contributed by atoms with E-state index in [2.05, 4.69) is 20.7 Å². The quantitative estimate of drug-likeness (QED) is 0.824. The first kappa shape index (κ1) is 16.3. The number of carboxylic acids is 1. The van der Waals surface area contributed by atoms with E-state index in [1.54, 1.807) is 6.07 Å². The van der Waals surface area contributed by atoms with E-state index in [-0.39, 0.29) is 16.1 Å². The smallest absolute Gasteiger partial charge is 0.337 e. The monoisotopic (exact) mass is 385 g/mol. The van der Waals surface area contributed by atoms with Gasteiger partial charge in [-0.3, -0.25) is 4.72 Å². The van der Waals surface area contributed by atoms with Crippen molar-refractivity contribution in [1.82, 2.24) is 0 Å². The fourth-order valence-corrected chi connectivity index (χ4v) is 3.27. The van der Waals surface area contributed by atoms with E-state index < -0.39 is 16.0 Å². The van der Waals surface area contributed by atoms with Crippen LogP contribution in [0.15, 0.2) is 51.8 Å². The van der Waals surface area contributed by atoms with Crippen molar-refractivity contribution < 1.29 is 23.1 Å². The number of halogens is 1. The number of methoxy groups -OCH3 is 1. The van der Waals surface area contributed by atoms with Crippen LogP contribution in [0.5, 0.6) is 5.75 Å². The molecule has 0 bridgehead atoms. The number of rotatable bonds is 5. The Morgan fingerprint density at radius 3 is 2.55 bits per heavy atom. The summed E-state index contributed by atoms with van der Waals surface area (Å²) in [6.45, 7) is 0. The highest BCUT2D eigenvalue weighted by atomic mass is 79.9. The van der Waals surface area contributed by atoms with Crippen molar-refractivity contribution in [1.29, 1.82) is 0 Å². The summed E-state index contributed by atoms with van der Waals surface area (Å²) in [6, 6.07) is 10.0. The molecule has 8 heteroatoms. The number of aromatic carboxylic acids is 1. The highest BCUT2D eigenvalue weighted by Gasteiger charge is 2.19. The van der Waals surface area contributed by atoms with Crippen molar-refractivity contribution in [2.45, 2.75) is 4.90 Å². The molecule has 0 aromatic heterocycles. The van der Waals surface area contributed by atoms with Gasteiger partial charge >= 0.3 is 5.97 Å². The lowest BCUT2D eigenvalue weighted by molar-refractivity contribution is 0.0698. The first-order chi connectivity index (χ1) is 10.3. The number of hydrogen-bond acceptors (Lipinski definition) is 4. The standard InChI is InChI=1S/C14H12BrNO5S/c1-21-13-8-9(6-7-11(13)15)22(19,20)16-12-5-3-2-4-10(12)14(17)18/h2-8,16H,1H3,(H,17,18). The summed E-state index contributed by atoms with van der Waals surface area (Å²) in [7, 11) is -2.51. The van der Waals surface area contributed by atoms with Crippen LogP contribution in [0.2, 0.25) is 0 Å². The van der Waals surface area contributed by atoms with Gasteiger partial charge < -0.3 is 9.84 Å². The Labute approximate surface area is 135 Å². The van der Waals surface area contributed by atoms with Crippen molar-refractivity contribution in [3.63, 3.8) is 0 Å². The third-order valence-electron chi connectivity index (χ3n) is 2.83. The number of hydrogen-bond donors (Lipinski definition) is 2. The van der Waals surface area contributed by atoms with Gasteiger partial charge in [-0.05, 0) is 40.2 Å². The molecule has 0 saturated carbocycles. The molecule has 0 fully saturated rings. The maximum absolute atomic E-state index is 12.4. The summed E-state index contributed by atoms with van der Waals surface area (Å²) in [5.74, 6) is -0.860. The summed E-state index contributed by atoms with van der Waals surface area (Å²) in [5, 5.41) is 9.09. The maximum atomic E-state index is 12.4. The summed E-state index contributed by atoms with van der Waals surface area (Å²) in [4.78, 5) is 11.1. The summed E-state index contributed by atoms with van der Waals surface area (Å²) < 4.78 is 32.7. The van der Waals surface area contributed by atoms with Crippen LogP contribution >= 0.6 is 15.9 Å². The number of anilines is 1. The Hall–Kier alpha value is -2.06. The Kier molecular flexibility index (Phi) is 4.72. The predicted molar refractivity (Wildman–Crippen MR) is 84.9 cm³/mol. The lowest BCUT2D eigenvalue weighted by Gasteiger charge is -2.11. The molecular formula is C14H12BrNO5S. The summed E-state index contributed by atoms with van der Waals surface area (Å²) >= 11 is 3.24. The van der Waals surface area contributed by atoms with Crippen molar-refractivity contribution in [2.24, 2.45) is 0 Å². The fourth-order valence-electron chi connectivity index (χ4n) is 1.77. The van der Waals surface area contributed by atoms with Gasteiger partial charge in [0.15, 0.2) is 0 Å². The van der Waals surface area contributed by atoms with Gasteiger partial charge in [-0.1, -0.05) is 12.1 Å². The van der Waals surface area contributed by atoms with Crippen LogP contribution in [0, 0.1) is 0 Å². The molecule has 0 spiro atoms. The van der Waals surface area contributed by atoms with Crippen LogP contribution in [-0.4, -0.2) is 26.6 Å². The average molecular weight is 386 g/mol. The highest BCUT2D eigenvalue weighted by molar-refractivity contribution is 9.10. The number of para-hydroxylation sites is 1. The molecule has 0 heterocycles. The average Bonchev–Trinajstić information content (AvgIpc) is 2.47. The largest absolute Gasteiger partial charge is 0.496 e. The van der Waals surface area contributed by atoms with Gasteiger partial charge in [0.25, 0.3) is 10.0 Å². The van der Waals surface area contributed by atoms with Crippen LogP contribution in [0.1, 0.15) is 10.4 Å². The van der Waals surface area contributed by atoms with Gasteiger partial charge in [-0.25, -0.2) is 13.2 Å². The molecule has 0 unspecified atom stereocenters. The van der Waals surface area contributed by atoms with Gasteiger partial charge in [0, 0.05) is 6.07 Å². The van der Waals surface area contributed by atoms with Gasteiger partial charge in [0.05, 0.1) is 27.7 Å². The molecule has 22 heavy (non-hydrogen) atoms. The number of sulfonamides is 1. The second kappa shape index (κ2) is 6.37. The second-order valence-electron chi connectivity index (χ2n) is 4.25. The van der Waals surface area contributed by atoms with Gasteiger partial charge in [0.1, 0.15) is 5.75 Å². The first-order valence-corrected chi connectivity index (χ1v) is 8.31. The minimum Gasteiger partial charge on any atom is -0.496 e. The molecule has 0 aliphatic heterocycles. The zero-order valence-electron chi connectivity index (χ0n) is 11.4. The van der Waals surface area contributed by atoms with E-state index in [1.807, 2.05) is 0 Å². The normalized spacial score (nSPS) is 11.0. The molecule has 2 rings (SSSR count). The van der Waals surface area contributed by atoms with Gasteiger partial charge in [0.2, 0.25) is 0 Å². The Bertz CT molecular complexity index is 820. The second-order valence-corrected chi connectivity index (χ2v) is 6.79. The highest BCUT2D eigenvalue weighted by Crippen LogP contribution is 2.29. The van der Waals surface area contributed by atoms with E-state index in [9.17, 15) is 13.2 Å². The molecule has 6 nitrogen and oxygen atoms in total. The summed E-state index contributed by atoms with van der Waals surface area (Å²) in [5.41, 5.74) is -0.132. The van der Waals surface area contributed by atoms with Crippen LogP contribution in [-0.2, 0) is 10.0 Å². The number of ether oxygens (including phenoxy) is 1. The van der Waals surface area contributed by atoms with Crippen LogP contribution in [0.4, 0.5) is 5.69 Å². The minimum atomic E-state index is -3.93. The third-order valence-corrected chi connectivity index (χ3v) is 4.85. The maximum Gasteiger partial charge on any atom is 0.337 e. The van der Waals surface area contributed by atoms with Crippen molar-refractivity contribution in [3.05, 3.63) is 52.5 Å². The Balaban J connectivity index is 2.43. The Morgan fingerprint density at radius 1 is 1.23 bits per heavy atom. The molecule has 2 aromatic carbocycles. The molecule has 0 aliphatic carbocycles. The third kappa shape index (κ3) is 3.40. The first-order valence-electron chi connectivity index (χ1n) is 6.04. The molecule has 0 atom stereocenters. The minimum absolute atomic E-state index is 0.00288. The molecule has 0 amide bonds. The van der Waals surface area contributed by atoms with E-state index in [1.165, 1.54) is 43.5 Å². The van der Waals surface area contributed by atoms with Crippen molar-refractivity contribution in [2.75, 3.05) is 11.8 Å². The number of nitrogens with one attached hydrogen (secondary N) is 1. The lowest BCUT2D eigenvalue weighted by Crippen LogP contribution is -2.15. The van der Waals surface area contributed by atoms with Crippen LogP contribution < -0.4 is 9.46 Å². The molecule has 116 valence electrons. The van der Waals surface area contributed by atoms with Crippen molar-refractivity contribution >= 4 is 37.6 Å². The van der Waals surface area contributed by atoms with E-state index in [4.69, 9.17) is 9.84 Å². The zero-order valence-corrected chi connectivity index (χ0v) is 13.8. The lowest BCUT2D eigenvalue weighted by atomic mass is 10.2. The molecule has 0 saturated heterocycles. The molecule has 0 radical (unpaired) electrons. The SMILES string of the molecule is COc1cc(S(=O)(=O)Nc2ccccc2C(=O)O)ccc1Br. The topological polar surface area (TPSA) is 92.7 Å². The number of benzene rings is 2. The fraction of sp³-hybridized carbons (Fsp3) is 0.0714. The van der Waals surface area contributed by atoms with Crippen LogP contribution in [0.25, 0.3) is 0 Å². The Morgan fingerprint density at radius 2 is 1.91 bits per heavy atom. The zero-order chi connectivity index (χ0) is 16.3. The van der Waals surface area contributed by atoms with E-state index >= 15 is 0 Å². The van der Waals surface area contributed by atoms with Crippen LogP contribution in [0.3, 0.4) is 0 Å². The predicted octanol–water partition coefficient (Wildman–Crippen LogP) is 2.96. The summed E-state index contributed by atoms with van der Waals surface area (Å²) in [6.07, 6.45) is 0. The number of carbonyl (C=O) groups is 1. The number of carboxylic acid groups (broad SMARTS) is 1. The van der Waals surface area contributed by atoms with Crippen molar-refractivity contribution in [3.8, 4) is 5.75 Å². The van der Waals surface area contributed by atoms with E-state index in [0.717, 1.165) is 0 Å². The molecular weight excluding hydrogens is 374 g/mol. The molecule has 2 aromatic rings. The molecule has 2 N–H and O–H groups in total. The van der Waals surface area contributed by atoms with E-state index in [0.29, 0.717) is 10.2 Å². The van der Waals surface area contributed by atoms with Gasteiger partial charge in [-0.2, -0.15) is 0 Å². The van der Waals surface area contributed by atoms with Gasteiger partial charge in [-0.15, -0.1) is 0 Å². The molecule has 0 aliphatic rings.